The van der Waals surface area contributed by atoms with Crippen molar-refractivity contribution in [1.29, 1.82) is 0 Å². The van der Waals surface area contributed by atoms with E-state index in [4.69, 9.17) is 4.74 Å². The van der Waals surface area contributed by atoms with E-state index < -0.39 is 5.97 Å². The Labute approximate surface area is 174 Å². The molecule has 2 aromatic carbocycles. The van der Waals surface area contributed by atoms with Crippen LogP contribution in [-0.2, 0) is 14.3 Å². The van der Waals surface area contributed by atoms with E-state index >= 15 is 0 Å². The second-order valence-electron chi connectivity index (χ2n) is 5.66. The van der Waals surface area contributed by atoms with Gasteiger partial charge in [-0.2, -0.15) is 0 Å². The number of hydrogen-bond acceptors (Lipinski definition) is 5. The molecule has 2 amide bonds. The first-order chi connectivity index (χ1) is 13.5. The molecule has 28 heavy (non-hydrogen) atoms. The average Bonchev–Trinajstić information content (AvgIpc) is 2.71. The molecule has 0 fully saturated rings. The number of nitrogens with one attached hydrogen (secondary N) is 2. The zero-order chi connectivity index (χ0) is 20.4. The van der Waals surface area contributed by atoms with Crippen LogP contribution in [0, 0.1) is 0 Å². The second kappa shape index (κ2) is 11.5. The Bertz CT molecular complexity index is 817. The maximum absolute atomic E-state index is 12.6. The normalized spacial score (nSPS) is 11.4. The van der Waals surface area contributed by atoms with E-state index in [1.807, 2.05) is 48.5 Å². The Kier molecular flexibility index (Phi) is 9.07. The summed E-state index contributed by atoms with van der Waals surface area (Å²) >= 11 is -0.148. The molecule has 1 unspecified atom stereocenters. The van der Waals surface area contributed by atoms with E-state index in [0.29, 0.717) is 5.56 Å². The topological polar surface area (TPSA) is 84.5 Å². The van der Waals surface area contributed by atoms with Gasteiger partial charge in [-0.05, 0) is 0 Å². The number of benzene rings is 2. The van der Waals surface area contributed by atoms with Crippen LogP contribution in [0.25, 0.3) is 0 Å². The van der Waals surface area contributed by atoms with Gasteiger partial charge in [-0.25, -0.2) is 0 Å². The first-order valence-electron chi connectivity index (χ1n) is 8.73. The van der Waals surface area contributed by atoms with E-state index in [1.54, 1.807) is 19.9 Å². The number of para-hydroxylation sites is 1. The number of amides is 2. The minimum absolute atomic E-state index is 0.138. The van der Waals surface area contributed by atoms with E-state index in [2.05, 4.69) is 10.6 Å². The van der Waals surface area contributed by atoms with Crippen molar-refractivity contribution in [3.63, 3.8) is 0 Å². The van der Waals surface area contributed by atoms with E-state index in [1.165, 1.54) is 10.2 Å². The van der Waals surface area contributed by atoms with Gasteiger partial charge in [-0.1, -0.05) is 0 Å². The van der Waals surface area contributed by atoms with E-state index in [-0.39, 0.29) is 44.1 Å². The molecule has 2 N–H and O–H groups in total. The third kappa shape index (κ3) is 7.03. The zero-order valence-corrected chi connectivity index (χ0v) is 18.2. The SMILES string of the molecule is CCOC(=O)CNC(=O)C(C)S[Se]c1ccccc1C(=O)Nc1ccccc1. The summed E-state index contributed by atoms with van der Waals surface area (Å²) in [6.07, 6.45) is 0. The summed E-state index contributed by atoms with van der Waals surface area (Å²) in [7, 11) is 1.46. The number of ether oxygens (including phenoxy) is 1. The summed E-state index contributed by atoms with van der Waals surface area (Å²) in [5.41, 5.74) is 1.33. The molecule has 2 aromatic rings. The fraction of sp³-hybridized carbons (Fsp3) is 0.250. The van der Waals surface area contributed by atoms with Crippen molar-refractivity contribution in [3.8, 4) is 0 Å². The van der Waals surface area contributed by atoms with Crippen LogP contribution in [0.2, 0.25) is 0 Å². The van der Waals surface area contributed by atoms with Gasteiger partial charge in [-0.15, -0.1) is 0 Å². The van der Waals surface area contributed by atoms with Crippen molar-refractivity contribution in [1.82, 2.24) is 5.32 Å². The van der Waals surface area contributed by atoms with Gasteiger partial charge in [0.2, 0.25) is 0 Å². The van der Waals surface area contributed by atoms with Gasteiger partial charge in [-0.3, -0.25) is 0 Å². The number of rotatable bonds is 9. The first kappa shape index (κ1) is 22.0. The zero-order valence-electron chi connectivity index (χ0n) is 15.6. The molecule has 0 aliphatic heterocycles. The molecule has 0 saturated carbocycles. The Morgan fingerprint density at radius 1 is 1.07 bits per heavy atom. The molecule has 8 heteroatoms. The van der Waals surface area contributed by atoms with Crippen molar-refractivity contribution >= 4 is 51.9 Å². The fourth-order valence-electron chi connectivity index (χ4n) is 2.13. The third-order valence-corrected chi connectivity index (χ3v) is 8.61. The predicted octanol–water partition coefficient (Wildman–Crippen LogP) is 1.98. The monoisotopic (exact) mass is 466 g/mol. The van der Waals surface area contributed by atoms with Gasteiger partial charge in [0.15, 0.2) is 0 Å². The van der Waals surface area contributed by atoms with Gasteiger partial charge in [0, 0.05) is 0 Å². The van der Waals surface area contributed by atoms with Crippen LogP contribution in [0.3, 0.4) is 0 Å². The Morgan fingerprint density at radius 3 is 2.46 bits per heavy atom. The quantitative estimate of drug-likeness (QED) is 0.437. The number of carbonyl (C=O) groups excluding carboxylic acids is 3. The molecule has 0 aromatic heterocycles. The Morgan fingerprint density at radius 2 is 1.75 bits per heavy atom. The van der Waals surface area contributed by atoms with Crippen molar-refractivity contribution in [3.05, 3.63) is 60.2 Å². The molecule has 0 spiro atoms. The molecule has 0 bridgehead atoms. The summed E-state index contributed by atoms with van der Waals surface area (Å²) in [4.78, 5) is 36.1. The third-order valence-electron chi connectivity index (χ3n) is 3.53. The number of hydrogen-bond donors (Lipinski definition) is 2. The summed E-state index contributed by atoms with van der Waals surface area (Å²) in [5, 5.41) is 5.11. The van der Waals surface area contributed by atoms with Crippen molar-refractivity contribution < 1.29 is 19.1 Å². The molecule has 0 aliphatic rings. The van der Waals surface area contributed by atoms with Crippen LogP contribution in [0.4, 0.5) is 5.69 Å². The van der Waals surface area contributed by atoms with Gasteiger partial charge in [0.05, 0.1) is 0 Å². The summed E-state index contributed by atoms with van der Waals surface area (Å²) < 4.78 is 5.69. The predicted molar refractivity (Wildman–Crippen MR) is 113 cm³/mol. The van der Waals surface area contributed by atoms with Gasteiger partial charge in [0.25, 0.3) is 0 Å². The molecule has 0 saturated heterocycles. The molecule has 6 nitrogen and oxygen atoms in total. The molecule has 0 aliphatic carbocycles. The molecular weight excluding hydrogens is 443 g/mol. The first-order valence-corrected chi connectivity index (χ1v) is 12.5. The minimum atomic E-state index is -0.457. The fourth-order valence-corrected chi connectivity index (χ4v) is 6.22. The van der Waals surface area contributed by atoms with Crippen LogP contribution in [-0.4, -0.2) is 50.0 Å². The van der Waals surface area contributed by atoms with Crippen LogP contribution in [0.15, 0.2) is 54.6 Å². The van der Waals surface area contributed by atoms with Crippen molar-refractivity contribution in [2.24, 2.45) is 0 Å². The molecule has 2 rings (SSSR count). The molecule has 1 atom stereocenters. The maximum atomic E-state index is 12.6. The average molecular weight is 465 g/mol. The number of carbonyl (C=O) groups is 3. The summed E-state index contributed by atoms with van der Waals surface area (Å²) in [5.74, 6) is -0.865. The number of esters is 1. The van der Waals surface area contributed by atoms with Gasteiger partial charge >= 0.3 is 174 Å². The molecular formula is C20H22N2O4SSe. The van der Waals surface area contributed by atoms with Crippen LogP contribution in [0.5, 0.6) is 0 Å². The van der Waals surface area contributed by atoms with E-state index in [9.17, 15) is 14.4 Å². The van der Waals surface area contributed by atoms with Gasteiger partial charge in [0.1, 0.15) is 0 Å². The van der Waals surface area contributed by atoms with Crippen LogP contribution in [0.1, 0.15) is 24.2 Å². The van der Waals surface area contributed by atoms with Crippen LogP contribution < -0.4 is 15.1 Å². The van der Waals surface area contributed by atoms with E-state index in [0.717, 1.165) is 10.1 Å². The van der Waals surface area contributed by atoms with Crippen LogP contribution >= 0.6 is 10.2 Å². The number of anilines is 1. The second-order valence-corrected chi connectivity index (χ2v) is 9.91. The molecule has 0 heterocycles. The Hall–Kier alpha value is -2.28. The standard InChI is InChI=1S/C20H22N2O4SSe/c1-3-26-18(23)13-21-19(24)14(2)27-28-17-12-8-7-11-16(17)20(25)22-15-9-5-4-6-10-15/h4-12,14H,3,13H2,1-2H3,(H,21,24)(H,22,25). The van der Waals surface area contributed by atoms with Crippen molar-refractivity contribution in [2.45, 2.75) is 19.1 Å². The molecule has 148 valence electrons. The van der Waals surface area contributed by atoms with Gasteiger partial charge < -0.3 is 0 Å². The summed E-state index contributed by atoms with van der Waals surface area (Å²) in [6.45, 7) is 3.64. The molecule has 0 radical (unpaired) electrons. The summed E-state index contributed by atoms with van der Waals surface area (Å²) in [6, 6.07) is 16.6. The van der Waals surface area contributed by atoms with Crippen molar-refractivity contribution in [2.75, 3.05) is 18.5 Å². The Balaban J connectivity index is 1.92.